The van der Waals surface area contributed by atoms with Crippen molar-refractivity contribution in [3.8, 4) is 0 Å². The SMILES string of the molecule is Cc1nc(S[C@H](C)C(=O)Nc2ccc(C(N)=O)cc2)n(C2CCCC2)c1C. The van der Waals surface area contributed by atoms with E-state index in [1.807, 2.05) is 13.8 Å². The lowest BCUT2D eigenvalue weighted by molar-refractivity contribution is -0.115. The van der Waals surface area contributed by atoms with Gasteiger partial charge in [-0.25, -0.2) is 4.98 Å². The summed E-state index contributed by atoms with van der Waals surface area (Å²) in [5.74, 6) is -0.579. The minimum absolute atomic E-state index is 0.0943. The summed E-state index contributed by atoms with van der Waals surface area (Å²) < 4.78 is 2.32. The largest absolute Gasteiger partial charge is 0.366 e. The van der Waals surface area contributed by atoms with Crippen molar-refractivity contribution in [3.05, 3.63) is 41.2 Å². The van der Waals surface area contributed by atoms with Crippen LogP contribution in [0.25, 0.3) is 0 Å². The van der Waals surface area contributed by atoms with Gasteiger partial charge < -0.3 is 15.6 Å². The standard InChI is InChI=1S/C20H26N4O2S/c1-12-13(2)24(17-6-4-5-7-17)20(22-12)27-14(3)19(26)23-16-10-8-15(9-11-16)18(21)25/h8-11,14,17H,4-7H2,1-3H3,(H2,21,25)(H,23,26)/t14-/m1/s1. The molecule has 1 aromatic carbocycles. The number of benzene rings is 1. The van der Waals surface area contributed by atoms with Gasteiger partial charge in [0.25, 0.3) is 0 Å². The third kappa shape index (κ3) is 4.35. The molecule has 0 spiro atoms. The Morgan fingerprint density at radius 3 is 2.44 bits per heavy atom. The van der Waals surface area contributed by atoms with E-state index in [1.165, 1.54) is 43.1 Å². The Labute approximate surface area is 163 Å². The highest BCUT2D eigenvalue weighted by Gasteiger charge is 2.25. The van der Waals surface area contributed by atoms with E-state index in [-0.39, 0.29) is 11.2 Å². The quantitative estimate of drug-likeness (QED) is 0.738. The summed E-state index contributed by atoms with van der Waals surface area (Å²) in [5, 5.41) is 3.52. The average molecular weight is 387 g/mol. The van der Waals surface area contributed by atoms with Gasteiger partial charge in [0.15, 0.2) is 5.16 Å². The van der Waals surface area contributed by atoms with Crippen LogP contribution in [0.15, 0.2) is 29.4 Å². The minimum atomic E-state index is -0.485. The Morgan fingerprint density at radius 1 is 1.22 bits per heavy atom. The maximum atomic E-state index is 12.6. The van der Waals surface area contributed by atoms with Gasteiger partial charge in [-0.1, -0.05) is 24.6 Å². The number of primary amides is 1. The van der Waals surface area contributed by atoms with Crippen LogP contribution in [0.4, 0.5) is 5.69 Å². The third-order valence-corrected chi connectivity index (χ3v) is 6.20. The van der Waals surface area contributed by atoms with Gasteiger partial charge in [-0.3, -0.25) is 9.59 Å². The number of aryl methyl sites for hydroxylation is 1. The van der Waals surface area contributed by atoms with Crippen LogP contribution in [-0.4, -0.2) is 26.6 Å². The topological polar surface area (TPSA) is 90.0 Å². The molecule has 0 bridgehead atoms. The molecule has 1 atom stereocenters. The number of anilines is 1. The molecule has 0 unspecified atom stereocenters. The number of rotatable bonds is 6. The fraction of sp³-hybridized carbons (Fsp3) is 0.450. The van der Waals surface area contributed by atoms with E-state index in [0.29, 0.717) is 17.3 Å². The first kappa shape index (κ1) is 19.5. The molecule has 2 amide bonds. The summed E-state index contributed by atoms with van der Waals surface area (Å²) in [6, 6.07) is 7.07. The monoisotopic (exact) mass is 386 g/mol. The van der Waals surface area contributed by atoms with E-state index in [9.17, 15) is 9.59 Å². The number of imidazole rings is 1. The zero-order valence-corrected chi connectivity index (χ0v) is 16.8. The summed E-state index contributed by atoms with van der Waals surface area (Å²) in [4.78, 5) is 28.4. The van der Waals surface area contributed by atoms with Gasteiger partial charge in [-0.05, 0) is 57.9 Å². The van der Waals surface area contributed by atoms with E-state index in [1.54, 1.807) is 24.3 Å². The molecule has 0 radical (unpaired) electrons. The van der Waals surface area contributed by atoms with Crippen molar-refractivity contribution in [2.45, 2.75) is 62.9 Å². The highest BCUT2D eigenvalue weighted by atomic mass is 32.2. The summed E-state index contributed by atoms with van der Waals surface area (Å²) in [6.45, 7) is 6.02. The van der Waals surface area contributed by atoms with Gasteiger partial charge in [-0.2, -0.15) is 0 Å². The van der Waals surface area contributed by atoms with Crippen molar-refractivity contribution in [3.63, 3.8) is 0 Å². The van der Waals surface area contributed by atoms with Gasteiger partial charge in [0, 0.05) is 23.0 Å². The number of hydrogen-bond donors (Lipinski definition) is 2. The third-order valence-electron chi connectivity index (χ3n) is 5.13. The molecule has 7 heteroatoms. The molecule has 144 valence electrons. The van der Waals surface area contributed by atoms with Crippen LogP contribution >= 0.6 is 11.8 Å². The fourth-order valence-corrected chi connectivity index (χ4v) is 4.52. The van der Waals surface area contributed by atoms with Crippen molar-refractivity contribution < 1.29 is 9.59 Å². The number of hydrogen-bond acceptors (Lipinski definition) is 4. The summed E-state index contributed by atoms with van der Waals surface area (Å²) in [6.07, 6.45) is 4.86. The fourth-order valence-electron chi connectivity index (χ4n) is 3.45. The molecule has 27 heavy (non-hydrogen) atoms. The molecule has 0 aliphatic heterocycles. The molecule has 1 aliphatic carbocycles. The molecule has 1 saturated carbocycles. The number of aromatic nitrogens is 2. The van der Waals surface area contributed by atoms with Crippen molar-refractivity contribution in [2.24, 2.45) is 5.73 Å². The second-order valence-electron chi connectivity index (χ2n) is 7.06. The lowest BCUT2D eigenvalue weighted by Gasteiger charge is -2.18. The molecule has 0 saturated heterocycles. The van der Waals surface area contributed by atoms with Gasteiger partial charge in [-0.15, -0.1) is 0 Å². The minimum Gasteiger partial charge on any atom is -0.366 e. The van der Waals surface area contributed by atoms with Crippen LogP contribution < -0.4 is 11.1 Å². The second-order valence-corrected chi connectivity index (χ2v) is 8.37. The predicted molar refractivity (Wildman–Crippen MR) is 108 cm³/mol. The predicted octanol–water partition coefficient (Wildman–Crippen LogP) is 3.83. The zero-order chi connectivity index (χ0) is 19.6. The maximum absolute atomic E-state index is 12.6. The van der Waals surface area contributed by atoms with Crippen LogP contribution in [0.3, 0.4) is 0 Å². The van der Waals surface area contributed by atoms with Crippen LogP contribution in [-0.2, 0) is 4.79 Å². The Morgan fingerprint density at radius 2 is 1.85 bits per heavy atom. The molecular formula is C20H26N4O2S. The number of carbonyl (C=O) groups is 2. The van der Waals surface area contributed by atoms with Crippen molar-refractivity contribution in [1.29, 1.82) is 0 Å². The number of nitrogens with zero attached hydrogens (tertiary/aromatic N) is 2. The highest BCUT2D eigenvalue weighted by Crippen LogP contribution is 2.36. The molecule has 6 nitrogen and oxygen atoms in total. The summed E-state index contributed by atoms with van der Waals surface area (Å²) >= 11 is 1.49. The first-order chi connectivity index (χ1) is 12.9. The Kier molecular flexibility index (Phi) is 5.89. The number of nitrogens with one attached hydrogen (secondary N) is 1. The Hall–Kier alpha value is -2.28. The van der Waals surface area contributed by atoms with E-state index in [0.717, 1.165) is 10.9 Å². The van der Waals surface area contributed by atoms with E-state index >= 15 is 0 Å². The number of nitrogens with two attached hydrogens (primary N) is 1. The molecular weight excluding hydrogens is 360 g/mol. The lowest BCUT2D eigenvalue weighted by atomic mass is 10.2. The van der Waals surface area contributed by atoms with Crippen LogP contribution in [0.1, 0.15) is 60.4 Å². The van der Waals surface area contributed by atoms with E-state index in [4.69, 9.17) is 10.7 Å². The Balaban J connectivity index is 1.69. The first-order valence-electron chi connectivity index (χ1n) is 9.29. The molecule has 3 rings (SSSR count). The molecule has 2 aromatic rings. The number of amides is 2. The average Bonchev–Trinajstić information content (AvgIpc) is 3.24. The molecule has 1 heterocycles. The van der Waals surface area contributed by atoms with Crippen molar-refractivity contribution in [1.82, 2.24) is 9.55 Å². The van der Waals surface area contributed by atoms with Gasteiger partial charge in [0.1, 0.15) is 0 Å². The van der Waals surface area contributed by atoms with Gasteiger partial charge >= 0.3 is 0 Å². The van der Waals surface area contributed by atoms with Crippen LogP contribution in [0.2, 0.25) is 0 Å². The first-order valence-corrected chi connectivity index (χ1v) is 10.2. The smallest absolute Gasteiger partial charge is 0.248 e. The number of carbonyl (C=O) groups excluding carboxylic acids is 2. The summed E-state index contributed by atoms with van der Waals surface area (Å²) in [5.41, 5.74) is 8.52. The Bertz CT molecular complexity index is 838. The second kappa shape index (κ2) is 8.17. The molecule has 1 fully saturated rings. The highest BCUT2D eigenvalue weighted by molar-refractivity contribution is 8.00. The maximum Gasteiger partial charge on any atom is 0.248 e. The van der Waals surface area contributed by atoms with E-state index in [2.05, 4.69) is 16.8 Å². The van der Waals surface area contributed by atoms with Crippen molar-refractivity contribution >= 4 is 29.3 Å². The molecule has 3 N–H and O–H groups in total. The van der Waals surface area contributed by atoms with Gasteiger partial charge in [0.05, 0.1) is 10.9 Å². The van der Waals surface area contributed by atoms with E-state index < -0.39 is 5.91 Å². The normalized spacial score (nSPS) is 15.7. The number of thioether (sulfide) groups is 1. The molecule has 1 aromatic heterocycles. The summed E-state index contributed by atoms with van der Waals surface area (Å²) in [7, 11) is 0. The molecule has 1 aliphatic rings. The van der Waals surface area contributed by atoms with Crippen molar-refractivity contribution in [2.75, 3.05) is 5.32 Å². The van der Waals surface area contributed by atoms with Crippen LogP contribution in [0, 0.1) is 13.8 Å². The lowest BCUT2D eigenvalue weighted by Crippen LogP contribution is -2.23. The zero-order valence-electron chi connectivity index (χ0n) is 16.0. The van der Waals surface area contributed by atoms with Gasteiger partial charge in [0.2, 0.25) is 11.8 Å². The van der Waals surface area contributed by atoms with Crippen LogP contribution in [0.5, 0.6) is 0 Å².